The Labute approximate surface area is 125 Å². The molecule has 1 N–H and O–H groups in total. The number of benzene rings is 1. The van der Waals surface area contributed by atoms with Gasteiger partial charge in [0.2, 0.25) is 0 Å². The molecule has 3 atom stereocenters. The van der Waals surface area contributed by atoms with E-state index in [9.17, 15) is 0 Å². The molecule has 2 aliphatic heterocycles. The van der Waals surface area contributed by atoms with Crippen molar-refractivity contribution >= 4 is 10.9 Å². The Morgan fingerprint density at radius 2 is 2.14 bits per heavy atom. The van der Waals surface area contributed by atoms with Crippen molar-refractivity contribution in [3.8, 4) is 0 Å². The van der Waals surface area contributed by atoms with Crippen molar-refractivity contribution in [3.63, 3.8) is 0 Å². The molecule has 0 amide bonds. The van der Waals surface area contributed by atoms with Crippen molar-refractivity contribution in [1.29, 1.82) is 0 Å². The molecule has 2 nitrogen and oxygen atoms in total. The van der Waals surface area contributed by atoms with Gasteiger partial charge in [-0.1, -0.05) is 29.8 Å². The SMILES string of the molecule is CC1=CC[C@@H]2CN3CCc4c([nH]c5ccccc45)[C@H]3[C@@H]2C1. The van der Waals surface area contributed by atoms with E-state index in [-0.39, 0.29) is 0 Å². The Hall–Kier alpha value is -1.54. The van der Waals surface area contributed by atoms with Crippen molar-refractivity contribution in [2.24, 2.45) is 11.8 Å². The minimum Gasteiger partial charge on any atom is -0.357 e. The first-order valence-corrected chi connectivity index (χ1v) is 8.30. The van der Waals surface area contributed by atoms with Gasteiger partial charge in [-0.15, -0.1) is 0 Å². The molecule has 0 radical (unpaired) electrons. The minimum atomic E-state index is 0.634. The van der Waals surface area contributed by atoms with Crippen LogP contribution in [0.4, 0.5) is 0 Å². The lowest BCUT2D eigenvalue weighted by atomic mass is 9.77. The van der Waals surface area contributed by atoms with Crippen LogP contribution in [0.1, 0.15) is 37.1 Å². The lowest BCUT2D eigenvalue weighted by Gasteiger charge is -2.34. The van der Waals surface area contributed by atoms with Crippen LogP contribution < -0.4 is 0 Å². The van der Waals surface area contributed by atoms with E-state index in [2.05, 4.69) is 47.1 Å². The average Bonchev–Trinajstić information content (AvgIpc) is 3.04. The van der Waals surface area contributed by atoms with Crippen LogP contribution in [0.15, 0.2) is 35.9 Å². The minimum absolute atomic E-state index is 0.634. The summed E-state index contributed by atoms with van der Waals surface area (Å²) in [6.07, 6.45) is 6.27. The second kappa shape index (κ2) is 4.23. The maximum atomic E-state index is 3.77. The number of nitrogens with zero attached hydrogens (tertiary/aromatic N) is 1. The topological polar surface area (TPSA) is 19.0 Å². The van der Waals surface area contributed by atoms with E-state index in [1.807, 2.05) is 0 Å². The third-order valence-corrected chi connectivity index (χ3v) is 5.99. The van der Waals surface area contributed by atoms with Gasteiger partial charge in [-0.3, -0.25) is 4.90 Å². The number of hydrogen-bond acceptors (Lipinski definition) is 1. The van der Waals surface area contributed by atoms with Gasteiger partial charge in [-0.25, -0.2) is 0 Å². The van der Waals surface area contributed by atoms with Crippen LogP contribution in [-0.4, -0.2) is 23.0 Å². The summed E-state index contributed by atoms with van der Waals surface area (Å²) in [7, 11) is 0. The molecule has 2 heteroatoms. The Kier molecular flexibility index (Phi) is 2.43. The molecule has 0 saturated carbocycles. The van der Waals surface area contributed by atoms with Crippen molar-refractivity contribution in [2.75, 3.05) is 13.1 Å². The highest BCUT2D eigenvalue weighted by Crippen LogP contribution is 2.50. The number of allylic oxidation sites excluding steroid dienone is 2. The summed E-state index contributed by atoms with van der Waals surface area (Å²) < 4.78 is 0. The molecular formula is C19H22N2. The lowest BCUT2D eigenvalue weighted by molar-refractivity contribution is 0.210. The van der Waals surface area contributed by atoms with Gasteiger partial charge < -0.3 is 4.98 Å². The number of rotatable bonds is 0. The zero-order valence-corrected chi connectivity index (χ0v) is 12.6. The van der Waals surface area contributed by atoms with E-state index in [1.54, 1.807) is 11.1 Å². The molecule has 0 unspecified atom stereocenters. The van der Waals surface area contributed by atoms with Gasteiger partial charge >= 0.3 is 0 Å². The molecule has 108 valence electrons. The molecule has 5 rings (SSSR count). The lowest BCUT2D eigenvalue weighted by Crippen LogP contribution is -2.32. The van der Waals surface area contributed by atoms with Gasteiger partial charge in [0.15, 0.2) is 0 Å². The van der Waals surface area contributed by atoms with Crippen LogP contribution in [-0.2, 0) is 6.42 Å². The quantitative estimate of drug-likeness (QED) is 0.720. The Bertz CT molecular complexity index is 739. The van der Waals surface area contributed by atoms with Crippen molar-refractivity contribution in [3.05, 3.63) is 47.2 Å². The highest BCUT2D eigenvalue weighted by molar-refractivity contribution is 5.85. The van der Waals surface area contributed by atoms with E-state index < -0.39 is 0 Å². The Morgan fingerprint density at radius 1 is 1.24 bits per heavy atom. The van der Waals surface area contributed by atoms with Crippen LogP contribution in [0, 0.1) is 11.8 Å². The Morgan fingerprint density at radius 3 is 3.10 bits per heavy atom. The molecule has 1 fully saturated rings. The van der Waals surface area contributed by atoms with Gasteiger partial charge in [0.25, 0.3) is 0 Å². The van der Waals surface area contributed by atoms with E-state index in [4.69, 9.17) is 0 Å². The molecule has 1 aliphatic carbocycles. The van der Waals surface area contributed by atoms with Crippen molar-refractivity contribution in [1.82, 2.24) is 9.88 Å². The zero-order chi connectivity index (χ0) is 14.0. The summed E-state index contributed by atoms with van der Waals surface area (Å²) in [4.78, 5) is 6.52. The monoisotopic (exact) mass is 278 g/mol. The number of para-hydroxylation sites is 1. The molecule has 0 bridgehead atoms. The molecule has 3 aliphatic rings. The standard InChI is InChI=1S/C19H22N2/c1-12-6-7-13-11-21-9-8-15-14-4-2-3-5-17(14)20-18(15)19(21)16(13)10-12/h2-6,13,16,19-20H,7-11H2,1H3/t13-,16-,19-/m1/s1. The van der Waals surface area contributed by atoms with Gasteiger partial charge in [0.1, 0.15) is 0 Å². The molecule has 1 aromatic carbocycles. The molecule has 3 heterocycles. The predicted molar refractivity (Wildman–Crippen MR) is 86.3 cm³/mol. The van der Waals surface area contributed by atoms with E-state index in [1.165, 1.54) is 48.9 Å². The number of nitrogens with one attached hydrogen (secondary N) is 1. The molecule has 2 aromatic rings. The van der Waals surface area contributed by atoms with Gasteiger partial charge in [-0.2, -0.15) is 0 Å². The number of H-pyrrole nitrogens is 1. The van der Waals surface area contributed by atoms with Gasteiger partial charge in [0, 0.05) is 29.7 Å². The molecular weight excluding hydrogens is 256 g/mol. The summed E-state index contributed by atoms with van der Waals surface area (Å²) in [6.45, 7) is 4.85. The largest absolute Gasteiger partial charge is 0.357 e. The van der Waals surface area contributed by atoms with Crippen LogP contribution in [0.3, 0.4) is 0 Å². The maximum absolute atomic E-state index is 3.77. The molecule has 21 heavy (non-hydrogen) atoms. The molecule has 0 spiro atoms. The fourth-order valence-electron chi connectivity index (χ4n) is 5.04. The fraction of sp³-hybridized carbons (Fsp3) is 0.474. The Balaban J connectivity index is 1.65. The first-order valence-electron chi connectivity index (χ1n) is 8.30. The van der Waals surface area contributed by atoms with Crippen molar-refractivity contribution < 1.29 is 0 Å². The van der Waals surface area contributed by atoms with Gasteiger partial charge in [-0.05, 0) is 49.7 Å². The molecule has 1 saturated heterocycles. The second-order valence-corrected chi connectivity index (χ2v) is 7.17. The first kappa shape index (κ1) is 12.0. The highest BCUT2D eigenvalue weighted by atomic mass is 15.2. The summed E-state index contributed by atoms with van der Waals surface area (Å²) >= 11 is 0. The summed E-state index contributed by atoms with van der Waals surface area (Å²) in [6, 6.07) is 9.48. The number of hydrogen-bond donors (Lipinski definition) is 1. The third kappa shape index (κ3) is 1.63. The smallest absolute Gasteiger partial charge is 0.0536 e. The number of aromatic amines is 1. The zero-order valence-electron chi connectivity index (χ0n) is 12.6. The van der Waals surface area contributed by atoms with Crippen molar-refractivity contribution in [2.45, 2.75) is 32.2 Å². The average molecular weight is 278 g/mol. The highest BCUT2D eigenvalue weighted by Gasteiger charge is 2.46. The van der Waals surface area contributed by atoms with Gasteiger partial charge in [0.05, 0.1) is 6.04 Å². The maximum Gasteiger partial charge on any atom is 0.0536 e. The number of fused-ring (bicyclic) bond motifs is 7. The second-order valence-electron chi connectivity index (χ2n) is 7.17. The van der Waals surface area contributed by atoms with E-state index in [0.29, 0.717) is 6.04 Å². The van der Waals surface area contributed by atoms with Crippen LogP contribution in [0.2, 0.25) is 0 Å². The van der Waals surface area contributed by atoms with E-state index >= 15 is 0 Å². The van der Waals surface area contributed by atoms with Crippen LogP contribution in [0.25, 0.3) is 10.9 Å². The van der Waals surface area contributed by atoms with Crippen LogP contribution in [0.5, 0.6) is 0 Å². The summed E-state index contributed by atoms with van der Waals surface area (Å²) in [5.74, 6) is 1.69. The molecule has 1 aromatic heterocycles. The normalized spacial score (nSPS) is 31.7. The summed E-state index contributed by atoms with van der Waals surface area (Å²) in [5.41, 5.74) is 6.06. The van der Waals surface area contributed by atoms with Crippen LogP contribution >= 0.6 is 0 Å². The predicted octanol–water partition coefficient (Wildman–Crippen LogP) is 4.05. The number of aromatic nitrogens is 1. The summed E-state index contributed by atoms with van der Waals surface area (Å²) in [5, 5.41) is 1.46. The first-order chi connectivity index (χ1) is 10.3. The third-order valence-electron chi connectivity index (χ3n) is 5.99. The fourth-order valence-corrected chi connectivity index (χ4v) is 5.04. The van der Waals surface area contributed by atoms with E-state index in [0.717, 1.165) is 11.8 Å².